The van der Waals surface area contributed by atoms with Gasteiger partial charge >= 0.3 is 0 Å². The number of aliphatic hydroxyl groups excluding tert-OH is 1. The third-order valence-electron chi connectivity index (χ3n) is 3.08. The Balaban J connectivity index is 2.17. The number of amides is 1. The first-order chi connectivity index (χ1) is 8.61. The quantitative estimate of drug-likeness (QED) is 0.867. The van der Waals surface area contributed by atoms with Gasteiger partial charge in [0.05, 0.1) is 13.2 Å². The number of hydrogen-bond acceptors (Lipinski definition) is 3. The second-order valence-electron chi connectivity index (χ2n) is 4.40. The second-order valence-corrected chi connectivity index (χ2v) is 4.40. The van der Waals surface area contributed by atoms with Crippen molar-refractivity contribution in [2.75, 3.05) is 20.2 Å². The van der Waals surface area contributed by atoms with Gasteiger partial charge in [-0.05, 0) is 31.0 Å². The fourth-order valence-electron chi connectivity index (χ4n) is 2.11. The summed E-state index contributed by atoms with van der Waals surface area (Å²) in [5.41, 5.74) is 0.377. The predicted octanol–water partition coefficient (Wildman–Crippen LogP) is 1.43. The average Bonchev–Trinajstić information content (AvgIpc) is 2.38. The lowest BCUT2D eigenvalue weighted by molar-refractivity contribution is 0.0473. The minimum atomic E-state index is -0.493. The van der Waals surface area contributed by atoms with Gasteiger partial charge in [0, 0.05) is 18.7 Å². The van der Waals surface area contributed by atoms with E-state index in [0.717, 1.165) is 12.8 Å². The van der Waals surface area contributed by atoms with E-state index in [2.05, 4.69) is 0 Å². The van der Waals surface area contributed by atoms with Gasteiger partial charge in [-0.2, -0.15) is 0 Å². The molecule has 1 aliphatic heterocycles. The Labute approximate surface area is 105 Å². The second kappa shape index (κ2) is 5.35. The third kappa shape index (κ3) is 2.61. The van der Waals surface area contributed by atoms with Crippen molar-refractivity contribution in [2.24, 2.45) is 0 Å². The van der Waals surface area contributed by atoms with Crippen LogP contribution in [0.3, 0.4) is 0 Å². The van der Waals surface area contributed by atoms with Gasteiger partial charge in [-0.15, -0.1) is 0 Å². The van der Waals surface area contributed by atoms with Crippen LogP contribution in [0.5, 0.6) is 5.75 Å². The molecule has 5 heteroatoms. The van der Waals surface area contributed by atoms with Crippen molar-refractivity contribution in [3.05, 3.63) is 29.6 Å². The van der Waals surface area contributed by atoms with Crippen molar-refractivity contribution in [1.29, 1.82) is 0 Å². The van der Waals surface area contributed by atoms with Crippen LogP contribution < -0.4 is 4.74 Å². The predicted molar refractivity (Wildman–Crippen MR) is 64.1 cm³/mol. The third-order valence-corrected chi connectivity index (χ3v) is 3.08. The molecule has 1 atom stereocenters. The number of benzene rings is 1. The summed E-state index contributed by atoms with van der Waals surface area (Å²) >= 11 is 0. The maximum atomic E-state index is 13.2. The van der Waals surface area contributed by atoms with Crippen LogP contribution in [-0.2, 0) is 0 Å². The Hall–Kier alpha value is -1.62. The van der Waals surface area contributed by atoms with Gasteiger partial charge in [0.1, 0.15) is 0 Å². The summed E-state index contributed by atoms with van der Waals surface area (Å²) < 4.78 is 18.1. The SMILES string of the molecule is COc1cc(C(=O)N2CCCC(O)C2)ccc1F. The fraction of sp³-hybridized carbons (Fsp3) is 0.462. The Kier molecular flexibility index (Phi) is 3.81. The molecule has 2 rings (SSSR count). The van der Waals surface area contributed by atoms with Gasteiger partial charge in [0.25, 0.3) is 5.91 Å². The summed E-state index contributed by atoms with van der Waals surface area (Å²) in [6.45, 7) is 0.952. The molecule has 0 aromatic heterocycles. The van der Waals surface area contributed by atoms with E-state index < -0.39 is 11.9 Å². The van der Waals surface area contributed by atoms with Gasteiger partial charge in [-0.3, -0.25) is 4.79 Å². The van der Waals surface area contributed by atoms with Crippen LogP contribution in [0.25, 0.3) is 0 Å². The summed E-state index contributed by atoms with van der Waals surface area (Å²) in [6.07, 6.45) is 1.03. The van der Waals surface area contributed by atoms with E-state index in [1.54, 1.807) is 4.90 Å². The van der Waals surface area contributed by atoms with Gasteiger partial charge in [0.15, 0.2) is 11.6 Å². The number of piperidine rings is 1. The standard InChI is InChI=1S/C13H16FNO3/c1-18-12-7-9(4-5-11(12)14)13(17)15-6-2-3-10(16)8-15/h4-5,7,10,16H,2-3,6,8H2,1H3. The van der Waals surface area contributed by atoms with Crippen molar-refractivity contribution in [2.45, 2.75) is 18.9 Å². The van der Waals surface area contributed by atoms with Gasteiger partial charge in [-0.25, -0.2) is 4.39 Å². The first-order valence-corrected chi connectivity index (χ1v) is 5.92. The number of hydrogen-bond donors (Lipinski definition) is 1. The first-order valence-electron chi connectivity index (χ1n) is 5.92. The summed E-state index contributed by atoms with van der Waals surface area (Å²) in [5.74, 6) is -0.641. The average molecular weight is 253 g/mol. The molecule has 98 valence electrons. The van der Waals surface area contributed by atoms with Crippen LogP contribution >= 0.6 is 0 Å². The minimum absolute atomic E-state index is 0.0541. The van der Waals surface area contributed by atoms with Crippen LogP contribution in [0.2, 0.25) is 0 Å². The smallest absolute Gasteiger partial charge is 0.254 e. The number of likely N-dealkylation sites (tertiary alicyclic amines) is 1. The molecule has 1 amide bonds. The maximum absolute atomic E-state index is 13.2. The lowest BCUT2D eigenvalue weighted by Crippen LogP contribution is -2.42. The molecular formula is C13H16FNO3. The summed E-state index contributed by atoms with van der Waals surface area (Å²) in [6, 6.07) is 4.03. The van der Waals surface area contributed by atoms with Gasteiger partial charge in [-0.1, -0.05) is 0 Å². The number of aliphatic hydroxyl groups is 1. The minimum Gasteiger partial charge on any atom is -0.494 e. The molecule has 1 fully saturated rings. The van der Waals surface area contributed by atoms with Crippen LogP contribution in [-0.4, -0.2) is 42.2 Å². The highest BCUT2D eigenvalue weighted by molar-refractivity contribution is 5.94. The first kappa shape index (κ1) is 12.8. The monoisotopic (exact) mass is 253 g/mol. The Bertz CT molecular complexity index is 450. The van der Waals surface area contributed by atoms with Crippen LogP contribution in [0.1, 0.15) is 23.2 Å². The highest BCUT2D eigenvalue weighted by atomic mass is 19.1. The van der Waals surface area contributed by atoms with Gasteiger partial charge < -0.3 is 14.7 Å². The molecule has 1 aromatic carbocycles. The van der Waals surface area contributed by atoms with Crippen molar-refractivity contribution in [3.8, 4) is 5.75 Å². The highest BCUT2D eigenvalue weighted by Gasteiger charge is 2.23. The van der Waals surface area contributed by atoms with Crippen molar-refractivity contribution in [1.82, 2.24) is 4.90 Å². The summed E-state index contributed by atoms with van der Waals surface area (Å²) in [4.78, 5) is 13.7. The van der Waals surface area contributed by atoms with E-state index >= 15 is 0 Å². The normalized spacial score (nSPS) is 19.7. The molecule has 1 N–H and O–H groups in total. The topological polar surface area (TPSA) is 49.8 Å². The summed E-state index contributed by atoms with van der Waals surface area (Å²) in [5, 5.41) is 9.54. The summed E-state index contributed by atoms with van der Waals surface area (Å²) in [7, 11) is 1.36. The Morgan fingerprint density at radius 1 is 1.56 bits per heavy atom. The molecule has 1 aromatic rings. The number of carbonyl (C=O) groups excluding carboxylic acids is 1. The van der Waals surface area contributed by atoms with E-state index in [1.807, 2.05) is 0 Å². The molecule has 1 heterocycles. The zero-order chi connectivity index (χ0) is 13.1. The van der Waals surface area contributed by atoms with Crippen molar-refractivity contribution >= 4 is 5.91 Å². The zero-order valence-corrected chi connectivity index (χ0v) is 10.2. The number of methoxy groups -OCH3 is 1. The lowest BCUT2D eigenvalue weighted by Gasteiger charge is -2.30. The van der Waals surface area contributed by atoms with Crippen LogP contribution in [0, 0.1) is 5.82 Å². The Morgan fingerprint density at radius 3 is 3.00 bits per heavy atom. The maximum Gasteiger partial charge on any atom is 0.254 e. The number of β-amino-alcohol motifs (C(OH)–C–C–N with tert-alkyl or cyclic N) is 1. The fourth-order valence-corrected chi connectivity index (χ4v) is 2.11. The number of nitrogens with zero attached hydrogens (tertiary/aromatic N) is 1. The molecule has 4 nitrogen and oxygen atoms in total. The molecule has 0 aliphatic carbocycles. The van der Waals surface area contributed by atoms with E-state index in [4.69, 9.17) is 4.74 Å². The van der Waals surface area contributed by atoms with Gasteiger partial charge in [0.2, 0.25) is 0 Å². The highest BCUT2D eigenvalue weighted by Crippen LogP contribution is 2.20. The molecular weight excluding hydrogens is 237 g/mol. The number of ether oxygens (including phenoxy) is 1. The number of carbonyl (C=O) groups is 1. The Morgan fingerprint density at radius 2 is 2.33 bits per heavy atom. The van der Waals surface area contributed by atoms with Crippen LogP contribution in [0.15, 0.2) is 18.2 Å². The largest absolute Gasteiger partial charge is 0.494 e. The molecule has 0 saturated carbocycles. The van der Waals surface area contributed by atoms with E-state index in [9.17, 15) is 14.3 Å². The number of halogens is 1. The molecule has 1 aliphatic rings. The van der Waals surface area contributed by atoms with Crippen molar-refractivity contribution in [3.63, 3.8) is 0 Å². The van der Waals surface area contributed by atoms with Crippen molar-refractivity contribution < 1.29 is 19.0 Å². The van der Waals surface area contributed by atoms with E-state index in [0.29, 0.717) is 18.7 Å². The molecule has 1 unspecified atom stereocenters. The van der Waals surface area contributed by atoms with E-state index in [1.165, 1.54) is 25.3 Å². The number of rotatable bonds is 2. The molecule has 0 radical (unpaired) electrons. The molecule has 18 heavy (non-hydrogen) atoms. The van der Waals surface area contributed by atoms with E-state index in [-0.39, 0.29) is 11.7 Å². The molecule has 1 saturated heterocycles. The lowest BCUT2D eigenvalue weighted by atomic mass is 10.1. The molecule has 0 bridgehead atoms. The molecule has 0 spiro atoms. The van der Waals surface area contributed by atoms with Crippen LogP contribution in [0.4, 0.5) is 4.39 Å². The zero-order valence-electron chi connectivity index (χ0n) is 10.2.